The van der Waals surface area contributed by atoms with Crippen LogP contribution in [0, 0.1) is 6.92 Å². The fraction of sp³-hybridized carbons (Fsp3) is 0.100. The second kappa shape index (κ2) is 7.42. The van der Waals surface area contributed by atoms with Crippen molar-refractivity contribution in [2.75, 3.05) is 10.6 Å². The molecule has 4 heteroatoms. The van der Waals surface area contributed by atoms with Gasteiger partial charge in [-0.15, -0.1) is 0 Å². The smallest absolute Gasteiger partial charge is 0.257 e. The number of rotatable bonds is 5. The lowest BCUT2D eigenvalue weighted by Gasteiger charge is -2.13. The number of aryl methyl sites for hydroxylation is 1. The Labute approximate surface area is 141 Å². The van der Waals surface area contributed by atoms with Crippen molar-refractivity contribution < 1.29 is 4.79 Å². The van der Waals surface area contributed by atoms with Gasteiger partial charge in [-0.25, -0.2) is 0 Å². The summed E-state index contributed by atoms with van der Waals surface area (Å²) in [5, 5.41) is 6.30. The maximum atomic E-state index is 12.6. The lowest BCUT2D eigenvalue weighted by molar-refractivity contribution is 0.102. The molecule has 0 bridgehead atoms. The van der Waals surface area contributed by atoms with Gasteiger partial charge >= 0.3 is 0 Å². The van der Waals surface area contributed by atoms with Gasteiger partial charge < -0.3 is 10.6 Å². The van der Waals surface area contributed by atoms with Crippen LogP contribution in [0.2, 0.25) is 0 Å². The van der Waals surface area contributed by atoms with Gasteiger partial charge in [-0.3, -0.25) is 9.78 Å². The quantitative estimate of drug-likeness (QED) is 0.739. The zero-order valence-corrected chi connectivity index (χ0v) is 13.5. The van der Waals surface area contributed by atoms with Gasteiger partial charge in [0, 0.05) is 30.3 Å². The average Bonchev–Trinajstić information content (AvgIpc) is 2.63. The molecule has 2 N–H and O–H groups in total. The van der Waals surface area contributed by atoms with Crippen LogP contribution in [-0.2, 0) is 6.54 Å². The number of pyridine rings is 1. The molecule has 120 valence electrons. The molecule has 24 heavy (non-hydrogen) atoms. The highest BCUT2D eigenvalue weighted by molar-refractivity contribution is 6.08. The van der Waals surface area contributed by atoms with Gasteiger partial charge in [-0.1, -0.05) is 30.3 Å². The summed E-state index contributed by atoms with van der Waals surface area (Å²) < 4.78 is 0. The van der Waals surface area contributed by atoms with E-state index in [0.29, 0.717) is 12.1 Å². The van der Waals surface area contributed by atoms with E-state index >= 15 is 0 Å². The molecule has 1 heterocycles. The van der Waals surface area contributed by atoms with Crippen LogP contribution in [-0.4, -0.2) is 10.9 Å². The third kappa shape index (κ3) is 3.79. The number of hydrogen-bond donors (Lipinski definition) is 2. The molecule has 0 fully saturated rings. The Kier molecular flexibility index (Phi) is 4.87. The third-order valence-electron chi connectivity index (χ3n) is 3.80. The number of anilines is 2. The number of nitrogens with one attached hydrogen (secondary N) is 2. The van der Waals surface area contributed by atoms with Gasteiger partial charge in [0.2, 0.25) is 0 Å². The summed E-state index contributed by atoms with van der Waals surface area (Å²) >= 11 is 0. The van der Waals surface area contributed by atoms with Crippen molar-refractivity contribution >= 4 is 17.3 Å². The predicted molar refractivity (Wildman–Crippen MR) is 97.1 cm³/mol. The molecule has 2 aromatic carbocycles. The minimum atomic E-state index is -0.123. The van der Waals surface area contributed by atoms with E-state index in [1.165, 1.54) is 0 Å². The molecule has 0 aliphatic carbocycles. The van der Waals surface area contributed by atoms with Gasteiger partial charge in [0.15, 0.2) is 0 Å². The Morgan fingerprint density at radius 1 is 0.917 bits per heavy atom. The van der Waals surface area contributed by atoms with E-state index in [2.05, 4.69) is 15.6 Å². The number of carbonyl (C=O) groups is 1. The summed E-state index contributed by atoms with van der Waals surface area (Å²) in [5.74, 6) is -0.123. The molecule has 0 unspecified atom stereocenters. The van der Waals surface area contributed by atoms with Gasteiger partial charge in [-0.05, 0) is 48.4 Å². The predicted octanol–water partition coefficient (Wildman–Crippen LogP) is 4.25. The van der Waals surface area contributed by atoms with Crippen molar-refractivity contribution in [3.8, 4) is 0 Å². The van der Waals surface area contributed by atoms with Crippen LogP contribution in [0.4, 0.5) is 11.4 Å². The van der Waals surface area contributed by atoms with Crippen LogP contribution in [0.25, 0.3) is 0 Å². The van der Waals surface area contributed by atoms with E-state index in [-0.39, 0.29) is 5.91 Å². The van der Waals surface area contributed by atoms with Crippen LogP contribution in [0.15, 0.2) is 73.1 Å². The Morgan fingerprint density at radius 2 is 1.58 bits per heavy atom. The van der Waals surface area contributed by atoms with Crippen LogP contribution in [0.5, 0.6) is 0 Å². The summed E-state index contributed by atoms with van der Waals surface area (Å²) in [4.78, 5) is 16.6. The first kappa shape index (κ1) is 15.7. The number of amides is 1. The zero-order valence-electron chi connectivity index (χ0n) is 13.5. The van der Waals surface area contributed by atoms with Crippen LogP contribution in [0.3, 0.4) is 0 Å². The van der Waals surface area contributed by atoms with E-state index in [0.717, 1.165) is 22.5 Å². The standard InChI is InChI=1S/C20H19N3O/c1-15-6-2-4-8-18(15)23-20(24)17-7-3-5-9-19(17)22-14-16-10-12-21-13-11-16/h2-13,22H,14H2,1H3,(H,23,24). The summed E-state index contributed by atoms with van der Waals surface area (Å²) in [6.45, 7) is 2.61. The second-order valence-corrected chi connectivity index (χ2v) is 5.52. The zero-order chi connectivity index (χ0) is 16.8. The highest BCUT2D eigenvalue weighted by Crippen LogP contribution is 2.20. The SMILES string of the molecule is Cc1ccccc1NC(=O)c1ccccc1NCc1ccncc1. The van der Waals surface area contributed by atoms with Crippen LogP contribution < -0.4 is 10.6 Å². The molecule has 0 aliphatic rings. The van der Waals surface area contributed by atoms with E-state index in [9.17, 15) is 4.79 Å². The monoisotopic (exact) mass is 317 g/mol. The fourth-order valence-corrected chi connectivity index (χ4v) is 2.44. The molecule has 0 spiro atoms. The average molecular weight is 317 g/mol. The molecule has 3 aromatic rings. The van der Waals surface area contributed by atoms with Gasteiger partial charge in [0.1, 0.15) is 0 Å². The van der Waals surface area contributed by atoms with Crippen LogP contribution in [0.1, 0.15) is 21.5 Å². The van der Waals surface area contributed by atoms with Crippen LogP contribution >= 0.6 is 0 Å². The fourth-order valence-electron chi connectivity index (χ4n) is 2.44. The summed E-state index contributed by atoms with van der Waals surface area (Å²) in [6.07, 6.45) is 3.52. The molecule has 1 amide bonds. The Morgan fingerprint density at radius 3 is 2.33 bits per heavy atom. The van der Waals surface area contributed by atoms with Crippen molar-refractivity contribution in [1.29, 1.82) is 0 Å². The molecule has 0 atom stereocenters. The van der Waals surface area contributed by atoms with E-state index < -0.39 is 0 Å². The summed E-state index contributed by atoms with van der Waals surface area (Å²) in [7, 11) is 0. The van der Waals surface area contributed by atoms with Gasteiger partial charge in [0.05, 0.1) is 5.56 Å². The first-order chi connectivity index (χ1) is 11.7. The van der Waals surface area contributed by atoms with Crippen molar-refractivity contribution in [1.82, 2.24) is 4.98 Å². The maximum absolute atomic E-state index is 12.6. The summed E-state index contributed by atoms with van der Waals surface area (Å²) in [6, 6.07) is 19.2. The summed E-state index contributed by atoms with van der Waals surface area (Å²) in [5.41, 5.74) is 4.40. The van der Waals surface area contributed by atoms with Gasteiger partial charge in [-0.2, -0.15) is 0 Å². The molecule has 4 nitrogen and oxygen atoms in total. The number of carbonyl (C=O) groups excluding carboxylic acids is 1. The molecule has 0 aliphatic heterocycles. The highest BCUT2D eigenvalue weighted by atomic mass is 16.1. The lowest BCUT2D eigenvalue weighted by atomic mass is 10.1. The van der Waals surface area contributed by atoms with Crippen molar-refractivity contribution in [2.45, 2.75) is 13.5 Å². The minimum absolute atomic E-state index is 0.123. The van der Waals surface area contributed by atoms with Crippen molar-refractivity contribution in [3.05, 3.63) is 89.7 Å². The van der Waals surface area contributed by atoms with E-state index in [4.69, 9.17) is 0 Å². The number of para-hydroxylation sites is 2. The largest absolute Gasteiger partial charge is 0.380 e. The number of hydrogen-bond acceptors (Lipinski definition) is 3. The molecule has 0 saturated carbocycles. The number of aromatic nitrogens is 1. The van der Waals surface area contributed by atoms with Gasteiger partial charge in [0.25, 0.3) is 5.91 Å². The Bertz CT molecular complexity index is 831. The lowest BCUT2D eigenvalue weighted by Crippen LogP contribution is -2.15. The first-order valence-corrected chi connectivity index (χ1v) is 7.83. The number of nitrogens with zero attached hydrogens (tertiary/aromatic N) is 1. The second-order valence-electron chi connectivity index (χ2n) is 5.52. The minimum Gasteiger partial charge on any atom is -0.380 e. The van der Waals surface area contributed by atoms with Crippen molar-refractivity contribution in [3.63, 3.8) is 0 Å². The van der Waals surface area contributed by atoms with E-state index in [1.807, 2.05) is 67.6 Å². The molecular formula is C20H19N3O. The molecule has 0 radical (unpaired) electrons. The first-order valence-electron chi connectivity index (χ1n) is 7.83. The highest BCUT2D eigenvalue weighted by Gasteiger charge is 2.11. The Balaban J connectivity index is 1.76. The maximum Gasteiger partial charge on any atom is 0.257 e. The van der Waals surface area contributed by atoms with E-state index in [1.54, 1.807) is 12.4 Å². The third-order valence-corrected chi connectivity index (χ3v) is 3.80. The molecule has 3 rings (SSSR count). The molecular weight excluding hydrogens is 298 g/mol. The number of benzene rings is 2. The van der Waals surface area contributed by atoms with Crippen molar-refractivity contribution in [2.24, 2.45) is 0 Å². The topological polar surface area (TPSA) is 54.0 Å². The molecule has 1 aromatic heterocycles. The molecule has 0 saturated heterocycles. The Hall–Kier alpha value is -3.14. The normalized spacial score (nSPS) is 10.2.